The van der Waals surface area contributed by atoms with Gasteiger partial charge in [0, 0.05) is 10.2 Å². The van der Waals surface area contributed by atoms with E-state index in [2.05, 4.69) is 43.8 Å². The number of nitrogens with one attached hydrogen (secondary N) is 1. The number of rotatable bonds is 7. The van der Waals surface area contributed by atoms with Gasteiger partial charge in [0.2, 0.25) is 0 Å². The van der Waals surface area contributed by atoms with Gasteiger partial charge in [-0.1, -0.05) is 46.3 Å². The summed E-state index contributed by atoms with van der Waals surface area (Å²) in [6, 6.07) is 20.9. The Morgan fingerprint density at radius 1 is 1.19 bits per heavy atom. The molecular formula is C25H20BrIN2O3. The second-order valence-corrected chi connectivity index (χ2v) is 8.97. The Bertz CT molecular complexity index is 1200. The van der Waals surface area contributed by atoms with E-state index >= 15 is 0 Å². The average molecular weight is 603 g/mol. The third kappa shape index (κ3) is 6.11. The fourth-order valence-electron chi connectivity index (χ4n) is 2.92. The molecule has 0 saturated carbocycles. The van der Waals surface area contributed by atoms with Gasteiger partial charge in [-0.05, 0) is 82.6 Å². The average Bonchev–Trinajstić information content (AvgIpc) is 2.79. The summed E-state index contributed by atoms with van der Waals surface area (Å²) in [7, 11) is 1.56. The lowest BCUT2D eigenvalue weighted by Crippen LogP contribution is -2.14. The normalized spacial score (nSPS) is 10.9. The van der Waals surface area contributed by atoms with Crippen molar-refractivity contribution < 1.29 is 14.3 Å². The SMILES string of the molecule is COc1cc(/C=C(/C#N)C(=O)Nc2ccccc2C)cc(I)c1OCc1ccc(Br)cc1. The second kappa shape index (κ2) is 11.2. The fraction of sp³-hybridized carbons (Fsp3) is 0.120. The Balaban J connectivity index is 1.82. The first-order valence-electron chi connectivity index (χ1n) is 9.65. The van der Waals surface area contributed by atoms with Gasteiger partial charge >= 0.3 is 0 Å². The summed E-state index contributed by atoms with van der Waals surface area (Å²) in [5, 5.41) is 12.3. The molecule has 0 atom stereocenters. The molecule has 0 fully saturated rings. The number of nitrogens with zero attached hydrogens (tertiary/aromatic N) is 1. The lowest BCUT2D eigenvalue weighted by molar-refractivity contribution is -0.112. The number of hydrogen-bond donors (Lipinski definition) is 1. The number of benzene rings is 3. The van der Waals surface area contributed by atoms with Crippen molar-refractivity contribution in [1.29, 1.82) is 5.26 Å². The molecule has 0 radical (unpaired) electrons. The predicted molar refractivity (Wildman–Crippen MR) is 138 cm³/mol. The molecule has 162 valence electrons. The minimum absolute atomic E-state index is 0.00497. The van der Waals surface area contributed by atoms with Crippen LogP contribution in [0.15, 0.2) is 70.7 Å². The van der Waals surface area contributed by atoms with Gasteiger partial charge < -0.3 is 14.8 Å². The van der Waals surface area contributed by atoms with Crippen LogP contribution in [0.25, 0.3) is 6.08 Å². The van der Waals surface area contributed by atoms with E-state index in [-0.39, 0.29) is 5.57 Å². The number of carbonyl (C=O) groups excluding carboxylic acids is 1. The maximum atomic E-state index is 12.6. The van der Waals surface area contributed by atoms with Crippen LogP contribution in [0, 0.1) is 21.8 Å². The summed E-state index contributed by atoms with van der Waals surface area (Å²) in [5.41, 5.74) is 3.27. The monoisotopic (exact) mass is 602 g/mol. The van der Waals surface area contributed by atoms with E-state index in [9.17, 15) is 10.1 Å². The molecular weight excluding hydrogens is 583 g/mol. The number of carbonyl (C=O) groups is 1. The molecule has 7 heteroatoms. The van der Waals surface area contributed by atoms with Crippen molar-refractivity contribution in [1.82, 2.24) is 0 Å². The number of halogens is 2. The van der Waals surface area contributed by atoms with E-state index in [4.69, 9.17) is 9.47 Å². The van der Waals surface area contributed by atoms with Crippen LogP contribution >= 0.6 is 38.5 Å². The van der Waals surface area contributed by atoms with Gasteiger partial charge in [-0.2, -0.15) is 5.26 Å². The zero-order valence-corrected chi connectivity index (χ0v) is 21.2. The van der Waals surface area contributed by atoms with Crippen molar-refractivity contribution in [3.8, 4) is 17.6 Å². The van der Waals surface area contributed by atoms with Crippen molar-refractivity contribution in [2.75, 3.05) is 12.4 Å². The van der Waals surface area contributed by atoms with Crippen molar-refractivity contribution in [3.63, 3.8) is 0 Å². The third-order valence-corrected chi connectivity index (χ3v) is 5.95. The molecule has 0 unspecified atom stereocenters. The summed E-state index contributed by atoms with van der Waals surface area (Å²) in [5.74, 6) is 0.666. The Kier molecular flexibility index (Phi) is 8.31. The van der Waals surface area contributed by atoms with Crippen LogP contribution in [0.2, 0.25) is 0 Å². The van der Waals surface area contributed by atoms with Crippen molar-refractivity contribution in [2.24, 2.45) is 0 Å². The molecule has 0 bridgehead atoms. The lowest BCUT2D eigenvalue weighted by Gasteiger charge is -2.14. The maximum Gasteiger partial charge on any atom is 0.266 e. The van der Waals surface area contributed by atoms with Crippen molar-refractivity contribution in [2.45, 2.75) is 13.5 Å². The summed E-state index contributed by atoms with van der Waals surface area (Å²) in [6.07, 6.45) is 1.54. The number of para-hydroxylation sites is 1. The van der Waals surface area contributed by atoms with Crippen LogP contribution in [0.1, 0.15) is 16.7 Å². The van der Waals surface area contributed by atoms with Crippen molar-refractivity contribution in [3.05, 3.63) is 91.0 Å². The topological polar surface area (TPSA) is 71.3 Å². The molecule has 3 aromatic rings. The van der Waals surface area contributed by atoms with Gasteiger partial charge in [0.1, 0.15) is 18.2 Å². The molecule has 3 aromatic carbocycles. The smallest absolute Gasteiger partial charge is 0.266 e. The molecule has 0 aliphatic carbocycles. The zero-order valence-electron chi connectivity index (χ0n) is 17.5. The molecule has 0 heterocycles. The highest BCUT2D eigenvalue weighted by Crippen LogP contribution is 2.35. The molecule has 1 amide bonds. The summed E-state index contributed by atoms with van der Waals surface area (Å²) < 4.78 is 13.3. The highest BCUT2D eigenvalue weighted by Gasteiger charge is 2.15. The largest absolute Gasteiger partial charge is 0.493 e. The standard InChI is InChI=1S/C25H20BrIN2O3/c1-16-5-3-4-6-22(16)29-25(30)19(14-28)11-18-12-21(27)24(23(13-18)31-2)32-15-17-7-9-20(26)10-8-17/h3-13H,15H2,1-2H3,(H,29,30)/b19-11-. The second-order valence-electron chi connectivity index (χ2n) is 6.89. The van der Waals surface area contributed by atoms with Gasteiger partial charge in [0.25, 0.3) is 5.91 Å². The summed E-state index contributed by atoms with van der Waals surface area (Å²) in [6.45, 7) is 2.28. The van der Waals surface area contributed by atoms with Crippen LogP contribution in [0.4, 0.5) is 5.69 Å². The molecule has 0 saturated heterocycles. The molecule has 0 aliphatic heterocycles. The van der Waals surface area contributed by atoms with Gasteiger partial charge in [0.15, 0.2) is 11.5 Å². The van der Waals surface area contributed by atoms with E-state index in [1.165, 1.54) is 6.08 Å². The molecule has 5 nitrogen and oxygen atoms in total. The van der Waals surface area contributed by atoms with Crippen molar-refractivity contribution >= 4 is 56.2 Å². The number of anilines is 1. The molecule has 1 N–H and O–H groups in total. The number of aryl methyl sites for hydroxylation is 1. The first-order chi connectivity index (χ1) is 15.4. The number of nitriles is 1. The Hall–Kier alpha value is -2.83. The quantitative estimate of drug-likeness (QED) is 0.190. The van der Waals surface area contributed by atoms with E-state index < -0.39 is 5.91 Å². The van der Waals surface area contributed by atoms with Gasteiger partial charge in [-0.25, -0.2) is 0 Å². The maximum absolute atomic E-state index is 12.6. The third-order valence-electron chi connectivity index (χ3n) is 4.62. The molecule has 0 aromatic heterocycles. The first-order valence-corrected chi connectivity index (χ1v) is 11.5. The van der Waals surface area contributed by atoms with Gasteiger partial charge in [-0.3, -0.25) is 4.79 Å². The minimum Gasteiger partial charge on any atom is -0.493 e. The van der Waals surface area contributed by atoms with E-state index in [1.807, 2.05) is 61.5 Å². The Morgan fingerprint density at radius 2 is 1.91 bits per heavy atom. The van der Waals surface area contributed by atoms with Crippen LogP contribution in [-0.4, -0.2) is 13.0 Å². The van der Waals surface area contributed by atoms with Crippen LogP contribution in [0.3, 0.4) is 0 Å². The lowest BCUT2D eigenvalue weighted by atomic mass is 10.1. The number of methoxy groups -OCH3 is 1. The molecule has 3 rings (SSSR count). The number of amides is 1. The van der Waals surface area contributed by atoms with Gasteiger partial charge in [-0.15, -0.1) is 0 Å². The molecule has 0 aliphatic rings. The number of hydrogen-bond acceptors (Lipinski definition) is 4. The fourth-order valence-corrected chi connectivity index (χ4v) is 3.96. The van der Waals surface area contributed by atoms with Crippen LogP contribution in [0.5, 0.6) is 11.5 Å². The molecule has 0 spiro atoms. The Labute approximate surface area is 209 Å². The van der Waals surface area contributed by atoms with E-state index in [0.717, 1.165) is 19.2 Å². The molecule has 32 heavy (non-hydrogen) atoms. The summed E-state index contributed by atoms with van der Waals surface area (Å²) >= 11 is 5.58. The highest BCUT2D eigenvalue weighted by molar-refractivity contribution is 14.1. The zero-order chi connectivity index (χ0) is 23.1. The Morgan fingerprint density at radius 3 is 2.56 bits per heavy atom. The van der Waals surface area contributed by atoms with Crippen LogP contribution < -0.4 is 14.8 Å². The predicted octanol–water partition coefficient (Wildman–Crippen LogP) is 6.50. The minimum atomic E-state index is -0.466. The van der Waals surface area contributed by atoms with Crippen LogP contribution in [-0.2, 0) is 11.4 Å². The van der Waals surface area contributed by atoms with E-state index in [0.29, 0.717) is 29.4 Å². The van der Waals surface area contributed by atoms with Gasteiger partial charge in [0.05, 0.1) is 10.7 Å². The number of ether oxygens (including phenoxy) is 2. The van der Waals surface area contributed by atoms with E-state index in [1.54, 1.807) is 19.2 Å². The highest BCUT2D eigenvalue weighted by atomic mass is 127. The first kappa shape index (κ1) is 23.8. The summed E-state index contributed by atoms with van der Waals surface area (Å²) in [4.78, 5) is 12.6.